The quantitative estimate of drug-likeness (QED) is 0.551. The molecule has 1 aromatic rings. The van der Waals surface area contributed by atoms with Crippen LogP contribution in [0.5, 0.6) is 0 Å². The zero-order chi connectivity index (χ0) is 12.3. The van der Waals surface area contributed by atoms with Crippen LogP contribution in [0.3, 0.4) is 0 Å². The molecule has 3 nitrogen and oxygen atoms in total. The Kier molecular flexibility index (Phi) is 3.58. The predicted octanol–water partition coefficient (Wildman–Crippen LogP) is 1.59. The van der Waals surface area contributed by atoms with Gasteiger partial charge in [0.05, 0.1) is 17.9 Å². The molecule has 1 aromatic carbocycles. The van der Waals surface area contributed by atoms with Gasteiger partial charge in [-0.2, -0.15) is 0 Å². The first-order valence-electron chi connectivity index (χ1n) is 4.33. The molecule has 0 spiro atoms. The van der Waals surface area contributed by atoms with Crippen molar-refractivity contribution in [1.82, 2.24) is 0 Å². The van der Waals surface area contributed by atoms with Crippen molar-refractivity contribution in [3.05, 3.63) is 23.8 Å². The molecule has 0 amide bonds. The summed E-state index contributed by atoms with van der Waals surface area (Å²) < 4.78 is 50.9. The van der Waals surface area contributed by atoms with Gasteiger partial charge in [-0.3, -0.25) is 0 Å². The van der Waals surface area contributed by atoms with E-state index in [1.807, 2.05) is 0 Å². The predicted molar refractivity (Wildman–Crippen MR) is 51.3 cm³/mol. The van der Waals surface area contributed by atoms with E-state index >= 15 is 0 Å². The summed E-state index contributed by atoms with van der Waals surface area (Å²) in [5, 5.41) is 10.4. The maximum Gasteiger partial charge on any atom is 0.287 e. The van der Waals surface area contributed by atoms with E-state index in [1.165, 1.54) is 0 Å². The fraction of sp³-hybridized carbons (Fsp3) is 0.333. The lowest BCUT2D eigenvalue weighted by Crippen LogP contribution is -2.31. The lowest BCUT2D eigenvalue weighted by Gasteiger charge is -2.16. The summed E-state index contributed by atoms with van der Waals surface area (Å²) in [4.78, 5) is 0. The van der Waals surface area contributed by atoms with E-state index in [4.69, 9.17) is 10.8 Å². The molecule has 0 aliphatic rings. The molecular formula is C9H10F4N2O. The van der Waals surface area contributed by atoms with E-state index in [-0.39, 0.29) is 5.69 Å². The van der Waals surface area contributed by atoms with E-state index < -0.39 is 36.4 Å². The molecule has 0 aliphatic carbocycles. The zero-order valence-electron chi connectivity index (χ0n) is 8.11. The summed E-state index contributed by atoms with van der Waals surface area (Å²) in [6, 6.07) is 1.34. The minimum atomic E-state index is -3.38. The monoisotopic (exact) mass is 238 g/mol. The first-order chi connectivity index (χ1) is 7.35. The van der Waals surface area contributed by atoms with Crippen LogP contribution in [-0.2, 0) is 0 Å². The Morgan fingerprint density at radius 2 is 1.94 bits per heavy atom. The van der Waals surface area contributed by atoms with Crippen molar-refractivity contribution >= 4 is 11.4 Å². The van der Waals surface area contributed by atoms with Crippen molar-refractivity contribution in [2.45, 2.75) is 5.92 Å². The van der Waals surface area contributed by atoms with Crippen molar-refractivity contribution in [2.24, 2.45) is 0 Å². The highest BCUT2D eigenvalue weighted by Crippen LogP contribution is 2.24. The van der Waals surface area contributed by atoms with Gasteiger partial charge in [0, 0.05) is 6.07 Å². The summed E-state index contributed by atoms with van der Waals surface area (Å²) in [5.41, 5.74) is 4.49. The van der Waals surface area contributed by atoms with E-state index in [1.54, 1.807) is 0 Å². The molecule has 0 atom stereocenters. The maximum absolute atomic E-state index is 12.9. The SMILES string of the molecule is Nc1c(F)cc(F)cc1NCC(F)(F)CO. The van der Waals surface area contributed by atoms with E-state index in [0.29, 0.717) is 6.07 Å². The third-order valence-corrected chi connectivity index (χ3v) is 1.86. The second-order valence-corrected chi connectivity index (χ2v) is 3.22. The number of benzene rings is 1. The van der Waals surface area contributed by atoms with E-state index in [0.717, 1.165) is 6.07 Å². The van der Waals surface area contributed by atoms with Crippen LogP contribution in [0, 0.1) is 11.6 Å². The first-order valence-corrected chi connectivity index (χ1v) is 4.33. The smallest absolute Gasteiger partial charge is 0.287 e. The summed E-state index contributed by atoms with van der Waals surface area (Å²) in [7, 11) is 0. The summed E-state index contributed by atoms with van der Waals surface area (Å²) in [6.07, 6.45) is 0. The summed E-state index contributed by atoms with van der Waals surface area (Å²) in [6.45, 7) is -2.33. The van der Waals surface area contributed by atoms with Gasteiger partial charge in [-0.25, -0.2) is 17.6 Å². The normalized spacial score (nSPS) is 11.6. The maximum atomic E-state index is 12.9. The molecule has 0 saturated heterocycles. The number of nitrogen functional groups attached to an aromatic ring is 1. The number of nitrogens with two attached hydrogens (primary N) is 1. The highest BCUT2D eigenvalue weighted by Gasteiger charge is 2.27. The van der Waals surface area contributed by atoms with Crippen LogP contribution < -0.4 is 11.1 Å². The molecule has 0 aromatic heterocycles. The van der Waals surface area contributed by atoms with Crippen LogP contribution in [0.25, 0.3) is 0 Å². The lowest BCUT2D eigenvalue weighted by molar-refractivity contribution is -0.0372. The number of rotatable bonds is 4. The topological polar surface area (TPSA) is 58.3 Å². The minimum absolute atomic E-state index is 0.273. The highest BCUT2D eigenvalue weighted by molar-refractivity contribution is 5.66. The number of anilines is 2. The average Bonchev–Trinajstić information content (AvgIpc) is 2.21. The molecule has 90 valence electrons. The van der Waals surface area contributed by atoms with Gasteiger partial charge in [0.15, 0.2) is 5.82 Å². The Morgan fingerprint density at radius 3 is 2.50 bits per heavy atom. The Hall–Kier alpha value is -1.50. The Labute approximate surface area is 88.9 Å². The molecular weight excluding hydrogens is 228 g/mol. The fourth-order valence-corrected chi connectivity index (χ4v) is 1.01. The molecule has 4 N–H and O–H groups in total. The third kappa shape index (κ3) is 2.99. The van der Waals surface area contributed by atoms with Crippen LogP contribution in [0.2, 0.25) is 0 Å². The number of aliphatic hydroxyl groups excluding tert-OH is 1. The average molecular weight is 238 g/mol. The summed E-state index contributed by atoms with van der Waals surface area (Å²) in [5.74, 6) is -5.34. The van der Waals surface area contributed by atoms with Gasteiger partial charge in [0.1, 0.15) is 12.4 Å². The molecule has 7 heteroatoms. The second-order valence-electron chi connectivity index (χ2n) is 3.22. The minimum Gasteiger partial charge on any atom is -0.395 e. The van der Waals surface area contributed by atoms with Gasteiger partial charge in [-0.05, 0) is 6.07 Å². The van der Waals surface area contributed by atoms with Crippen molar-refractivity contribution in [1.29, 1.82) is 0 Å². The standard InChI is InChI=1S/C9H10F4N2O/c10-5-1-6(11)8(14)7(2-5)15-3-9(12,13)4-16/h1-2,15-16H,3-4,14H2. The zero-order valence-corrected chi connectivity index (χ0v) is 8.11. The van der Waals surface area contributed by atoms with Crippen molar-refractivity contribution < 1.29 is 22.7 Å². The molecule has 16 heavy (non-hydrogen) atoms. The van der Waals surface area contributed by atoms with E-state index in [2.05, 4.69) is 5.32 Å². The first kappa shape index (κ1) is 12.6. The number of hydrogen-bond acceptors (Lipinski definition) is 3. The number of halogens is 4. The fourth-order valence-electron chi connectivity index (χ4n) is 1.01. The number of alkyl halides is 2. The Bertz CT molecular complexity index is 384. The number of hydrogen-bond donors (Lipinski definition) is 3. The second kappa shape index (κ2) is 4.56. The number of aliphatic hydroxyl groups is 1. The molecule has 1 rings (SSSR count). The van der Waals surface area contributed by atoms with Gasteiger partial charge in [0.25, 0.3) is 5.92 Å². The van der Waals surface area contributed by atoms with E-state index in [9.17, 15) is 17.6 Å². The summed E-state index contributed by atoms with van der Waals surface area (Å²) >= 11 is 0. The third-order valence-electron chi connectivity index (χ3n) is 1.86. The highest BCUT2D eigenvalue weighted by atomic mass is 19.3. The molecule has 0 radical (unpaired) electrons. The van der Waals surface area contributed by atoms with Crippen LogP contribution in [0.4, 0.5) is 28.9 Å². The van der Waals surface area contributed by atoms with Crippen molar-refractivity contribution in [3.8, 4) is 0 Å². The Morgan fingerprint density at radius 1 is 1.31 bits per heavy atom. The Balaban J connectivity index is 2.82. The number of nitrogens with one attached hydrogen (secondary N) is 1. The molecule has 0 heterocycles. The van der Waals surface area contributed by atoms with Crippen LogP contribution >= 0.6 is 0 Å². The van der Waals surface area contributed by atoms with Gasteiger partial charge in [0.2, 0.25) is 0 Å². The van der Waals surface area contributed by atoms with Crippen LogP contribution in [-0.4, -0.2) is 24.2 Å². The molecule has 0 bridgehead atoms. The van der Waals surface area contributed by atoms with Gasteiger partial charge in [-0.1, -0.05) is 0 Å². The molecule has 0 fully saturated rings. The van der Waals surface area contributed by atoms with Gasteiger partial charge in [-0.15, -0.1) is 0 Å². The molecule has 0 aliphatic heterocycles. The van der Waals surface area contributed by atoms with Crippen LogP contribution in [0.1, 0.15) is 0 Å². The van der Waals surface area contributed by atoms with Gasteiger partial charge < -0.3 is 16.2 Å². The van der Waals surface area contributed by atoms with Crippen LogP contribution in [0.15, 0.2) is 12.1 Å². The largest absolute Gasteiger partial charge is 0.395 e. The van der Waals surface area contributed by atoms with Crippen molar-refractivity contribution in [2.75, 3.05) is 24.2 Å². The molecule has 0 unspecified atom stereocenters. The van der Waals surface area contributed by atoms with Crippen molar-refractivity contribution in [3.63, 3.8) is 0 Å². The van der Waals surface area contributed by atoms with Gasteiger partial charge >= 0.3 is 0 Å². The lowest BCUT2D eigenvalue weighted by atomic mass is 10.2. The molecule has 0 saturated carbocycles.